The highest BCUT2D eigenvalue weighted by Crippen LogP contribution is 2.33. The highest BCUT2D eigenvalue weighted by atomic mass is 35.5. The maximum Gasteiger partial charge on any atom is 0.327 e. The van der Waals surface area contributed by atoms with Crippen molar-refractivity contribution in [1.29, 1.82) is 0 Å². The summed E-state index contributed by atoms with van der Waals surface area (Å²) in [6.07, 6.45) is 4.20. The van der Waals surface area contributed by atoms with Gasteiger partial charge >= 0.3 is 6.03 Å². The number of nitrogens with zero attached hydrogens (tertiary/aromatic N) is 4. The van der Waals surface area contributed by atoms with Gasteiger partial charge in [-0.15, -0.1) is 0 Å². The Morgan fingerprint density at radius 1 is 1.23 bits per heavy atom. The number of urea groups is 1. The molecule has 0 bridgehead atoms. The number of pyridine rings is 1. The third kappa shape index (κ3) is 1.97. The number of amides is 3. The summed E-state index contributed by atoms with van der Waals surface area (Å²) >= 11 is 6.19. The molecule has 0 spiro atoms. The fourth-order valence-corrected chi connectivity index (χ4v) is 3.98. The molecule has 3 aliphatic heterocycles. The van der Waals surface area contributed by atoms with Crippen LogP contribution in [0.2, 0.25) is 5.02 Å². The SMILES string of the molecule is O=C1[C@@H]2CCCN2C(=O)N1[C@@H]1CCN(c2ncccc2Cl)C1. The van der Waals surface area contributed by atoms with Gasteiger partial charge in [-0.2, -0.15) is 0 Å². The van der Waals surface area contributed by atoms with Crippen molar-refractivity contribution >= 4 is 29.4 Å². The van der Waals surface area contributed by atoms with Gasteiger partial charge in [0.25, 0.3) is 5.91 Å². The van der Waals surface area contributed by atoms with Crippen LogP contribution in [0.4, 0.5) is 10.6 Å². The minimum atomic E-state index is -0.222. The fourth-order valence-electron chi connectivity index (χ4n) is 3.74. The molecule has 3 amide bonds. The molecule has 3 saturated heterocycles. The Hall–Kier alpha value is -1.82. The first-order valence-corrected chi connectivity index (χ1v) is 8.04. The van der Waals surface area contributed by atoms with Crippen LogP contribution < -0.4 is 4.90 Å². The van der Waals surface area contributed by atoms with E-state index in [2.05, 4.69) is 9.88 Å². The molecule has 2 atom stereocenters. The smallest absolute Gasteiger partial charge is 0.327 e. The first-order chi connectivity index (χ1) is 10.7. The summed E-state index contributed by atoms with van der Waals surface area (Å²) in [5.41, 5.74) is 0. The average molecular weight is 321 g/mol. The minimum Gasteiger partial charge on any atom is -0.353 e. The van der Waals surface area contributed by atoms with Crippen LogP contribution in [-0.2, 0) is 4.79 Å². The Morgan fingerprint density at radius 3 is 2.86 bits per heavy atom. The fraction of sp³-hybridized carbons (Fsp3) is 0.533. The van der Waals surface area contributed by atoms with Crippen LogP contribution in [0.15, 0.2) is 18.3 Å². The lowest BCUT2D eigenvalue weighted by Gasteiger charge is -2.23. The van der Waals surface area contributed by atoms with Crippen LogP contribution in [-0.4, -0.2) is 58.4 Å². The molecule has 22 heavy (non-hydrogen) atoms. The topological polar surface area (TPSA) is 56.8 Å². The quantitative estimate of drug-likeness (QED) is 0.779. The summed E-state index contributed by atoms with van der Waals surface area (Å²) in [5, 5.41) is 0.600. The monoisotopic (exact) mass is 320 g/mol. The Morgan fingerprint density at radius 2 is 2.09 bits per heavy atom. The van der Waals surface area contributed by atoms with E-state index in [-0.39, 0.29) is 24.0 Å². The predicted molar refractivity (Wildman–Crippen MR) is 81.8 cm³/mol. The Balaban J connectivity index is 1.53. The molecule has 0 saturated carbocycles. The largest absolute Gasteiger partial charge is 0.353 e. The number of anilines is 1. The van der Waals surface area contributed by atoms with Gasteiger partial charge in [0.1, 0.15) is 11.9 Å². The van der Waals surface area contributed by atoms with Crippen molar-refractivity contribution in [3.8, 4) is 0 Å². The summed E-state index contributed by atoms with van der Waals surface area (Å²) in [4.78, 5) is 34.5. The van der Waals surface area contributed by atoms with Crippen LogP contribution in [0.5, 0.6) is 0 Å². The van der Waals surface area contributed by atoms with Crippen LogP contribution in [0.25, 0.3) is 0 Å². The zero-order chi connectivity index (χ0) is 15.3. The minimum absolute atomic E-state index is 0.0264. The lowest BCUT2D eigenvalue weighted by molar-refractivity contribution is -0.129. The molecule has 0 radical (unpaired) electrons. The zero-order valence-corrected chi connectivity index (χ0v) is 12.9. The number of aromatic nitrogens is 1. The molecule has 116 valence electrons. The van der Waals surface area contributed by atoms with Crippen LogP contribution in [0.3, 0.4) is 0 Å². The molecular weight excluding hydrogens is 304 g/mol. The number of rotatable bonds is 2. The van der Waals surface area contributed by atoms with Crippen molar-refractivity contribution in [2.24, 2.45) is 0 Å². The van der Waals surface area contributed by atoms with E-state index < -0.39 is 0 Å². The van der Waals surface area contributed by atoms with Crippen LogP contribution >= 0.6 is 11.6 Å². The van der Waals surface area contributed by atoms with Gasteiger partial charge < -0.3 is 9.80 Å². The van der Waals surface area contributed by atoms with E-state index in [4.69, 9.17) is 11.6 Å². The Bertz CT molecular complexity index is 616. The molecular formula is C15H17ClN4O2. The van der Waals surface area contributed by atoms with E-state index in [0.717, 1.165) is 31.6 Å². The van der Waals surface area contributed by atoms with Crippen molar-refractivity contribution in [1.82, 2.24) is 14.8 Å². The van der Waals surface area contributed by atoms with E-state index in [1.165, 1.54) is 4.90 Å². The van der Waals surface area contributed by atoms with Crippen molar-refractivity contribution in [2.75, 3.05) is 24.5 Å². The van der Waals surface area contributed by atoms with Crippen molar-refractivity contribution in [3.63, 3.8) is 0 Å². The molecule has 6 nitrogen and oxygen atoms in total. The first-order valence-electron chi connectivity index (χ1n) is 7.66. The molecule has 3 fully saturated rings. The van der Waals surface area contributed by atoms with E-state index in [1.54, 1.807) is 23.2 Å². The van der Waals surface area contributed by atoms with Gasteiger partial charge in [0, 0.05) is 25.8 Å². The van der Waals surface area contributed by atoms with Crippen molar-refractivity contribution in [3.05, 3.63) is 23.4 Å². The molecule has 0 N–H and O–H groups in total. The third-order valence-corrected chi connectivity index (χ3v) is 5.09. The number of halogens is 1. The summed E-state index contributed by atoms with van der Waals surface area (Å²) in [7, 11) is 0. The second-order valence-corrected chi connectivity index (χ2v) is 6.45. The molecule has 4 heterocycles. The number of carbonyl (C=O) groups excluding carboxylic acids is 2. The molecule has 1 aromatic heterocycles. The normalized spacial score (nSPS) is 28.0. The number of imide groups is 1. The summed E-state index contributed by atoms with van der Waals surface area (Å²) in [6, 6.07) is 3.18. The highest BCUT2D eigenvalue weighted by Gasteiger charge is 2.50. The number of carbonyl (C=O) groups is 2. The van der Waals surface area contributed by atoms with E-state index in [0.29, 0.717) is 18.1 Å². The average Bonchev–Trinajstić information content (AvgIpc) is 3.20. The van der Waals surface area contributed by atoms with E-state index in [1.807, 2.05) is 0 Å². The number of hydrogen-bond acceptors (Lipinski definition) is 4. The van der Waals surface area contributed by atoms with Gasteiger partial charge in [0.2, 0.25) is 0 Å². The van der Waals surface area contributed by atoms with Crippen LogP contribution in [0.1, 0.15) is 19.3 Å². The summed E-state index contributed by atoms with van der Waals surface area (Å²) < 4.78 is 0. The highest BCUT2D eigenvalue weighted by molar-refractivity contribution is 6.32. The first kappa shape index (κ1) is 13.8. The third-order valence-electron chi connectivity index (χ3n) is 4.79. The van der Waals surface area contributed by atoms with Gasteiger partial charge in [-0.05, 0) is 31.4 Å². The summed E-state index contributed by atoms with van der Waals surface area (Å²) in [5.74, 6) is 0.702. The van der Waals surface area contributed by atoms with Gasteiger partial charge in [-0.25, -0.2) is 9.78 Å². The van der Waals surface area contributed by atoms with Gasteiger partial charge in [0.15, 0.2) is 0 Å². The van der Waals surface area contributed by atoms with Crippen LogP contribution in [0, 0.1) is 0 Å². The standard InChI is InChI=1S/C15H17ClN4O2/c16-11-3-1-6-17-13(11)18-8-5-10(9-18)20-14(21)12-4-2-7-19(12)15(20)22/h1,3,6,10,12H,2,4-5,7-9H2/t10-,12+/m1/s1. The van der Waals surface area contributed by atoms with Crippen molar-refractivity contribution in [2.45, 2.75) is 31.3 Å². The van der Waals surface area contributed by atoms with Gasteiger partial charge in [0.05, 0.1) is 11.1 Å². The second-order valence-electron chi connectivity index (χ2n) is 6.04. The lowest BCUT2D eigenvalue weighted by atomic mass is 10.2. The lowest BCUT2D eigenvalue weighted by Crippen LogP contribution is -2.43. The maximum atomic E-state index is 12.5. The molecule has 0 unspecified atom stereocenters. The van der Waals surface area contributed by atoms with E-state index >= 15 is 0 Å². The second kappa shape index (κ2) is 5.12. The zero-order valence-electron chi connectivity index (χ0n) is 12.1. The Labute approximate surface area is 133 Å². The molecule has 0 aromatic carbocycles. The Kier molecular flexibility index (Phi) is 3.22. The van der Waals surface area contributed by atoms with Gasteiger partial charge in [-0.3, -0.25) is 9.69 Å². The molecule has 0 aliphatic carbocycles. The number of fused-ring (bicyclic) bond motifs is 1. The van der Waals surface area contributed by atoms with Crippen molar-refractivity contribution < 1.29 is 9.59 Å². The summed E-state index contributed by atoms with van der Waals surface area (Å²) in [6.45, 7) is 2.06. The molecule has 1 aromatic rings. The maximum absolute atomic E-state index is 12.5. The molecule has 4 rings (SSSR count). The molecule has 3 aliphatic rings. The molecule has 7 heteroatoms. The number of hydrogen-bond donors (Lipinski definition) is 0. The van der Waals surface area contributed by atoms with E-state index in [9.17, 15) is 9.59 Å². The predicted octanol–water partition coefficient (Wildman–Crippen LogP) is 1.74. The van der Waals surface area contributed by atoms with Gasteiger partial charge in [-0.1, -0.05) is 11.6 Å².